The monoisotopic (exact) mass is 254 g/mol. The van der Waals surface area contributed by atoms with Crippen LogP contribution in [0.25, 0.3) is 11.4 Å². The number of hydrogen-bond acceptors (Lipinski definition) is 3. The lowest BCUT2D eigenvalue weighted by Crippen LogP contribution is -2.04. The summed E-state index contributed by atoms with van der Waals surface area (Å²) in [6.07, 6.45) is 0.555. The Balaban J connectivity index is 2.52. The van der Waals surface area contributed by atoms with Crippen molar-refractivity contribution in [1.82, 2.24) is 14.8 Å². The molecule has 0 aliphatic rings. The third-order valence-corrected chi connectivity index (χ3v) is 2.68. The van der Waals surface area contributed by atoms with Gasteiger partial charge in [0.25, 0.3) is 0 Å². The van der Waals surface area contributed by atoms with Crippen LogP contribution in [0.2, 0.25) is 5.02 Å². The maximum Gasteiger partial charge on any atom is 0.162 e. The van der Waals surface area contributed by atoms with Crippen LogP contribution in [0.1, 0.15) is 5.82 Å². The lowest BCUT2D eigenvalue weighted by molar-refractivity contribution is 0.627. The van der Waals surface area contributed by atoms with Crippen LogP contribution in [0.5, 0.6) is 0 Å². The van der Waals surface area contributed by atoms with E-state index in [9.17, 15) is 4.39 Å². The molecule has 0 saturated carbocycles. The van der Waals surface area contributed by atoms with E-state index in [1.165, 1.54) is 10.7 Å². The van der Waals surface area contributed by atoms with Crippen molar-refractivity contribution in [3.05, 3.63) is 34.9 Å². The summed E-state index contributed by atoms with van der Waals surface area (Å²) < 4.78 is 15.2. The van der Waals surface area contributed by atoms with Crippen molar-refractivity contribution < 1.29 is 4.39 Å². The van der Waals surface area contributed by atoms with Crippen molar-refractivity contribution in [2.75, 3.05) is 6.54 Å². The average molecular weight is 255 g/mol. The molecule has 0 fully saturated rings. The van der Waals surface area contributed by atoms with Gasteiger partial charge in [-0.15, -0.1) is 0 Å². The summed E-state index contributed by atoms with van der Waals surface area (Å²) in [5.74, 6) is 0.591. The molecule has 0 bridgehead atoms. The number of halogens is 2. The first-order valence-electron chi connectivity index (χ1n) is 5.18. The fraction of sp³-hybridized carbons (Fsp3) is 0.273. The summed E-state index contributed by atoms with van der Waals surface area (Å²) >= 11 is 5.98. The molecular formula is C11H12ClFN4. The minimum Gasteiger partial charge on any atom is -0.330 e. The SMILES string of the molecule is Cn1nc(CCN)nc1-c1c(F)cccc1Cl. The molecule has 1 aromatic heterocycles. The fourth-order valence-corrected chi connectivity index (χ4v) is 1.85. The van der Waals surface area contributed by atoms with Crippen LogP contribution in [-0.4, -0.2) is 21.3 Å². The lowest BCUT2D eigenvalue weighted by Gasteiger charge is -2.03. The molecule has 4 nitrogen and oxygen atoms in total. The first-order chi connectivity index (χ1) is 8.13. The van der Waals surface area contributed by atoms with Crippen LogP contribution in [0.3, 0.4) is 0 Å². The number of hydrogen-bond donors (Lipinski definition) is 1. The Bertz CT molecular complexity index is 518. The van der Waals surface area contributed by atoms with E-state index in [0.717, 1.165) is 0 Å². The van der Waals surface area contributed by atoms with Crippen LogP contribution < -0.4 is 5.73 Å². The molecule has 0 atom stereocenters. The van der Waals surface area contributed by atoms with Crippen molar-refractivity contribution in [2.45, 2.75) is 6.42 Å². The molecule has 0 aliphatic heterocycles. The highest BCUT2D eigenvalue weighted by molar-refractivity contribution is 6.33. The van der Waals surface area contributed by atoms with Crippen molar-refractivity contribution in [2.24, 2.45) is 12.8 Å². The highest BCUT2D eigenvalue weighted by Gasteiger charge is 2.16. The van der Waals surface area contributed by atoms with Gasteiger partial charge in [0.05, 0.1) is 10.6 Å². The summed E-state index contributed by atoms with van der Waals surface area (Å²) in [6.45, 7) is 0.453. The second kappa shape index (κ2) is 4.81. The minimum absolute atomic E-state index is 0.271. The molecule has 1 heterocycles. The zero-order chi connectivity index (χ0) is 12.4. The highest BCUT2D eigenvalue weighted by atomic mass is 35.5. The van der Waals surface area contributed by atoms with Gasteiger partial charge >= 0.3 is 0 Å². The van der Waals surface area contributed by atoms with E-state index in [1.54, 1.807) is 19.2 Å². The molecule has 6 heteroatoms. The summed E-state index contributed by atoms with van der Waals surface area (Å²) in [7, 11) is 1.70. The van der Waals surface area contributed by atoms with E-state index in [2.05, 4.69) is 10.1 Å². The molecule has 2 rings (SSSR count). The third kappa shape index (κ3) is 2.30. The van der Waals surface area contributed by atoms with E-state index in [4.69, 9.17) is 17.3 Å². The summed E-state index contributed by atoms with van der Waals surface area (Å²) in [4.78, 5) is 4.24. The summed E-state index contributed by atoms with van der Waals surface area (Å²) in [6, 6.07) is 4.52. The van der Waals surface area contributed by atoms with E-state index in [-0.39, 0.29) is 5.56 Å². The van der Waals surface area contributed by atoms with Crippen LogP contribution in [-0.2, 0) is 13.5 Å². The van der Waals surface area contributed by atoms with Gasteiger partial charge in [0.1, 0.15) is 5.82 Å². The smallest absolute Gasteiger partial charge is 0.162 e. The molecule has 0 aliphatic carbocycles. The zero-order valence-electron chi connectivity index (χ0n) is 9.32. The first-order valence-corrected chi connectivity index (χ1v) is 5.55. The van der Waals surface area contributed by atoms with Gasteiger partial charge in [-0.2, -0.15) is 5.10 Å². The van der Waals surface area contributed by atoms with Crippen molar-refractivity contribution in [3.8, 4) is 11.4 Å². The Morgan fingerprint density at radius 3 is 2.88 bits per heavy atom. The molecule has 17 heavy (non-hydrogen) atoms. The van der Waals surface area contributed by atoms with Gasteiger partial charge in [0, 0.05) is 13.5 Å². The second-order valence-corrected chi connectivity index (χ2v) is 4.02. The normalized spacial score (nSPS) is 10.8. The first kappa shape index (κ1) is 12.0. The molecule has 0 saturated heterocycles. The Morgan fingerprint density at radius 1 is 1.47 bits per heavy atom. The van der Waals surface area contributed by atoms with Gasteiger partial charge in [0.2, 0.25) is 0 Å². The van der Waals surface area contributed by atoms with Crippen molar-refractivity contribution in [1.29, 1.82) is 0 Å². The molecule has 0 unspecified atom stereocenters. The van der Waals surface area contributed by atoms with E-state index >= 15 is 0 Å². The molecule has 2 N–H and O–H groups in total. The number of benzene rings is 1. The lowest BCUT2D eigenvalue weighted by atomic mass is 10.2. The molecule has 0 amide bonds. The van der Waals surface area contributed by atoms with Gasteiger partial charge in [-0.05, 0) is 18.7 Å². The average Bonchev–Trinajstić information content (AvgIpc) is 2.60. The van der Waals surface area contributed by atoms with Crippen LogP contribution in [0, 0.1) is 5.82 Å². The Labute approximate surface area is 103 Å². The summed E-state index contributed by atoms with van der Waals surface area (Å²) in [5, 5.41) is 4.48. The highest BCUT2D eigenvalue weighted by Crippen LogP contribution is 2.28. The Morgan fingerprint density at radius 2 is 2.24 bits per heavy atom. The van der Waals surface area contributed by atoms with Gasteiger partial charge in [0.15, 0.2) is 11.6 Å². The van der Waals surface area contributed by atoms with Gasteiger partial charge < -0.3 is 5.73 Å². The second-order valence-electron chi connectivity index (χ2n) is 3.61. The predicted octanol–water partition coefficient (Wildman–Crippen LogP) is 1.78. The van der Waals surface area contributed by atoms with Crippen LogP contribution >= 0.6 is 11.6 Å². The Kier molecular flexibility index (Phi) is 3.40. The number of nitrogens with zero attached hydrogens (tertiary/aromatic N) is 3. The predicted molar refractivity (Wildman–Crippen MR) is 64.2 cm³/mol. The van der Waals surface area contributed by atoms with Crippen LogP contribution in [0.15, 0.2) is 18.2 Å². The molecule has 2 aromatic rings. The topological polar surface area (TPSA) is 56.7 Å². The maximum absolute atomic E-state index is 13.7. The van der Waals surface area contributed by atoms with Gasteiger partial charge in [-0.1, -0.05) is 17.7 Å². The molecular weight excluding hydrogens is 243 g/mol. The maximum atomic E-state index is 13.7. The third-order valence-electron chi connectivity index (χ3n) is 2.36. The quantitative estimate of drug-likeness (QED) is 0.908. The Hall–Kier alpha value is -1.46. The number of rotatable bonds is 3. The van der Waals surface area contributed by atoms with Gasteiger partial charge in [-0.3, -0.25) is 0 Å². The van der Waals surface area contributed by atoms with E-state index in [0.29, 0.717) is 29.6 Å². The summed E-state index contributed by atoms with van der Waals surface area (Å²) in [5.41, 5.74) is 5.70. The van der Waals surface area contributed by atoms with E-state index in [1.807, 2.05) is 0 Å². The largest absolute Gasteiger partial charge is 0.330 e. The molecule has 1 aromatic carbocycles. The number of nitrogens with two attached hydrogens (primary N) is 1. The molecule has 0 spiro atoms. The van der Waals surface area contributed by atoms with E-state index < -0.39 is 5.82 Å². The van der Waals surface area contributed by atoms with Gasteiger partial charge in [-0.25, -0.2) is 14.1 Å². The van der Waals surface area contributed by atoms with Crippen molar-refractivity contribution >= 4 is 11.6 Å². The van der Waals surface area contributed by atoms with Crippen molar-refractivity contribution in [3.63, 3.8) is 0 Å². The fourth-order valence-electron chi connectivity index (χ4n) is 1.60. The zero-order valence-corrected chi connectivity index (χ0v) is 10.1. The number of aryl methyl sites for hydroxylation is 1. The standard InChI is InChI=1S/C11H12ClFN4/c1-17-11(15-9(16-17)5-6-14)10-7(12)3-2-4-8(10)13/h2-4H,5-6,14H2,1H3. The van der Waals surface area contributed by atoms with Crippen LogP contribution in [0.4, 0.5) is 4.39 Å². The minimum atomic E-state index is -0.410. The molecule has 0 radical (unpaired) electrons. The molecule has 90 valence electrons. The number of aromatic nitrogens is 3.